The minimum atomic E-state index is -0.546. The molecule has 8 aromatic carbocycles. The molecule has 12 rings (SSSR count). The molecule has 0 atom stereocenters. The monoisotopic (exact) mass is 664 g/mol. The summed E-state index contributed by atoms with van der Waals surface area (Å²) in [7, 11) is 0. The van der Waals surface area contributed by atoms with Crippen LogP contribution in [-0.2, 0) is 5.41 Å². The second kappa shape index (κ2) is 9.94. The molecule has 0 bridgehead atoms. The number of rotatable bonds is 2. The molecule has 236 valence electrons. The van der Waals surface area contributed by atoms with Gasteiger partial charge in [-0.15, -0.1) is 11.3 Å². The zero-order valence-electron chi connectivity index (χ0n) is 27.5. The molecule has 0 radical (unpaired) electrons. The van der Waals surface area contributed by atoms with Crippen molar-refractivity contribution in [3.8, 4) is 44.5 Å². The predicted octanol–water partition coefficient (Wildman–Crippen LogP) is 13.6. The zero-order chi connectivity index (χ0) is 33.3. The number of furan rings is 1. The van der Waals surface area contributed by atoms with Crippen molar-refractivity contribution < 1.29 is 4.42 Å². The van der Waals surface area contributed by atoms with Gasteiger partial charge in [-0.1, -0.05) is 146 Å². The minimum Gasteiger partial charge on any atom is -0.455 e. The topological polar surface area (TPSA) is 13.1 Å². The molecule has 2 aromatic heterocycles. The average Bonchev–Trinajstić information content (AvgIpc) is 3.93. The third-order valence-corrected chi connectivity index (χ3v) is 12.7. The van der Waals surface area contributed by atoms with Gasteiger partial charge in [-0.05, 0) is 85.5 Å². The normalized spacial score (nSPS) is 13.6. The van der Waals surface area contributed by atoms with Crippen molar-refractivity contribution in [1.82, 2.24) is 0 Å². The molecular formula is C49H28OS. The smallest absolute Gasteiger partial charge is 0.144 e. The third kappa shape index (κ3) is 3.41. The van der Waals surface area contributed by atoms with E-state index in [9.17, 15) is 0 Å². The Bertz CT molecular complexity index is 3030. The standard InChI is InChI=1S/C49H28OS/c1-3-15-29(16-4-1)35-27-40-46(47-43(35)33-21-9-13-25-41(33)50-47)45-39(49(40)37-23-11-7-19-31(37)32-20-8-12-24-38(32)49)28-36(30-17-5-2-6-18-30)48-44(45)34-22-10-14-26-42(34)51-48/h1-28H. The molecule has 0 aliphatic heterocycles. The minimum absolute atomic E-state index is 0.546. The Morgan fingerprint density at radius 2 is 0.961 bits per heavy atom. The molecule has 2 aliphatic rings. The third-order valence-electron chi connectivity index (χ3n) is 11.5. The number of fused-ring (bicyclic) bond motifs is 18. The summed E-state index contributed by atoms with van der Waals surface area (Å²) in [6.07, 6.45) is 0. The van der Waals surface area contributed by atoms with Gasteiger partial charge in [-0.25, -0.2) is 0 Å². The van der Waals surface area contributed by atoms with Crippen LogP contribution in [0.4, 0.5) is 0 Å². The van der Waals surface area contributed by atoms with Crippen LogP contribution in [0, 0.1) is 0 Å². The highest BCUT2D eigenvalue weighted by atomic mass is 32.1. The van der Waals surface area contributed by atoms with Crippen LogP contribution >= 0.6 is 11.3 Å². The molecule has 10 aromatic rings. The van der Waals surface area contributed by atoms with Crippen molar-refractivity contribution in [3.05, 3.63) is 192 Å². The lowest BCUT2D eigenvalue weighted by Crippen LogP contribution is -2.26. The quantitative estimate of drug-likeness (QED) is 0.179. The first kappa shape index (κ1) is 27.6. The summed E-state index contributed by atoms with van der Waals surface area (Å²) in [5.41, 5.74) is 16.7. The number of benzene rings is 8. The van der Waals surface area contributed by atoms with E-state index in [0.717, 1.165) is 16.6 Å². The molecule has 0 unspecified atom stereocenters. The molecule has 0 amide bonds. The van der Waals surface area contributed by atoms with Crippen molar-refractivity contribution in [2.45, 2.75) is 5.41 Å². The fraction of sp³-hybridized carbons (Fsp3) is 0.0204. The van der Waals surface area contributed by atoms with Gasteiger partial charge >= 0.3 is 0 Å². The Morgan fingerprint density at radius 3 is 1.69 bits per heavy atom. The summed E-state index contributed by atoms with van der Waals surface area (Å²) in [4.78, 5) is 0. The molecule has 2 heteroatoms. The van der Waals surface area contributed by atoms with E-state index in [4.69, 9.17) is 4.42 Å². The first-order valence-corrected chi connectivity index (χ1v) is 18.4. The summed E-state index contributed by atoms with van der Waals surface area (Å²) in [5, 5.41) is 4.95. The highest BCUT2D eigenvalue weighted by Crippen LogP contribution is 2.67. The van der Waals surface area contributed by atoms with Crippen LogP contribution in [0.1, 0.15) is 22.3 Å². The summed E-state index contributed by atoms with van der Waals surface area (Å²) in [6, 6.07) is 62.6. The van der Waals surface area contributed by atoms with Crippen molar-refractivity contribution in [2.75, 3.05) is 0 Å². The van der Waals surface area contributed by atoms with Gasteiger partial charge in [0.15, 0.2) is 0 Å². The van der Waals surface area contributed by atoms with E-state index in [1.54, 1.807) is 0 Å². The van der Waals surface area contributed by atoms with E-state index >= 15 is 0 Å². The maximum atomic E-state index is 7.15. The fourth-order valence-electron chi connectivity index (χ4n) is 9.54. The van der Waals surface area contributed by atoms with Gasteiger partial charge in [0.25, 0.3) is 0 Å². The number of para-hydroxylation sites is 1. The molecule has 1 nitrogen and oxygen atoms in total. The van der Waals surface area contributed by atoms with E-state index in [-0.39, 0.29) is 0 Å². The number of hydrogen-bond donors (Lipinski definition) is 0. The van der Waals surface area contributed by atoms with Crippen molar-refractivity contribution in [3.63, 3.8) is 0 Å². The van der Waals surface area contributed by atoms with Gasteiger partial charge in [0.1, 0.15) is 11.2 Å². The first-order valence-electron chi connectivity index (χ1n) is 17.6. The lowest BCUT2D eigenvalue weighted by molar-refractivity contribution is 0.669. The zero-order valence-corrected chi connectivity index (χ0v) is 28.3. The molecule has 0 N–H and O–H groups in total. The van der Waals surface area contributed by atoms with E-state index in [1.165, 1.54) is 92.3 Å². The Labute approximate surface area is 298 Å². The maximum Gasteiger partial charge on any atom is 0.144 e. The predicted molar refractivity (Wildman–Crippen MR) is 214 cm³/mol. The highest BCUT2D eigenvalue weighted by Gasteiger charge is 2.54. The largest absolute Gasteiger partial charge is 0.455 e. The van der Waals surface area contributed by atoms with E-state index < -0.39 is 5.41 Å². The first-order chi connectivity index (χ1) is 25.3. The van der Waals surface area contributed by atoms with Gasteiger partial charge < -0.3 is 4.42 Å². The molecule has 2 heterocycles. The Kier molecular flexibility index (Phi) is 5.38. The van der Waals surface area contributed by atoms with Crippen LogP contribution < -0.4 is 0 Å². The molecular weight excluding hydrogens is 637 g/mol. The van der Waals surface area contributed by atoms with Crippen LogP contribution in [0.5, 0.6) is 0 Å². The van der Waals surface area contributed by atoms with Crippen molar-refractivity contribution in [2.24, 2.45) is 0 Å². The molecule has 0 fully saturated rings. The van der Waals surface area contributed by atoms with Gasteiger partial charge in [0.2, 0.25) is 0 Å². The van der Waals surface area contributed by atoms with Gasteiger partial charge in [-0.3, -0.25) is 0 Å². The lowest BCUT2D eigenvalue weighted by atomic mass is 9.69. The lowest BCUT2D eigenvalue weighted by Gasteiger charge is -2.31. The number of hydrogen-bond acceptors (Lipinski definition) is 2. The molecule has 0 saturated heterocycles. The SMILES string of the molecule is c1ccc(-c2cc3c(c4c2sc2ccccc24)-c2c(cc(-c4ccccc4)c4c2oc2ccccc24)C32c3ccccc3-c3ccccc32)cc1. The summed E-state index contributed by atoms with van der Waals surface area (Å²) in [5.74, 6) is 0. The van der Waals surface area contributed by atoms with Crippen molar-refractivity contribution >= 4 is 53.4 Å². The maximum absolute atomic E-state index is 7.15. The molecule has 2 aliphatic carbocycles. The summed E-state index contributed by atoms with van der Waals surface area (Å²) in [6.45, 7) is 0. The van der Waals surface area contributed by atoms with Crippen LogP contribution in [0.25, 0.3) is 86.6 Å². The van der Waals surface area contributed by atoms with Crippen LogP contribution in [0.2, 0.25) is 0 Å². The fourth-order valence-corrected chi connectivity index (χ4v) is 10.8. The van der Waals surface area contributed by atoms with Crippen LogP contribution in [0.15, 0.2) is 174 Å². The van der Waals surface area contributed by atoms with E-state index in [2.05, 4.69) is 170 Å². The number of thiophene rings is 1. The Balaban J connectivity index is 1.39. The summed E-state index contributed by atoms with van der Waals surface area (Å²) < 4.78 is 9.77. The molecule has 0 saturated carbocycles. The van der Waals surface area contributed by atoms with Crippen LogP contribution in [0.3, 0.4) is 0 Å². The van der Waals surface area contributed by atoms with E-state index in [1.807, 2.05) is 11.3 Å². The molecule has 51 heavy (non-hydrogen) atoms. The highest BCUT2D eigenvalue weighted by molar-refractivity contribution is 7.26. The van der Waals surface area contributed by atoms with Gasteiger partial charge in [0.05, 0.1) is 5.41 Å². The Morgan fingerprint density at radius 1 is 0.412 bits per heavy atom. The average molecular weight is 665 g/mol. The van der Waals surface area contributed by atoms with E-state index in [0.29, 0.717) is 0 Å². The Hall–Kier alpha value is -6.22. The second-order valence-electron chi connectivity index (χ2n) is 13.9. The van der Waals surface area contributed by atoms with Crippen molar-refractivity contribution in [1.29, 1.82) is 0 Å². The second-order valence-corrected chi connectivity index (χ2v) is 14.9. The van der Waals surface area contributed by atoms with Crippen LogP contribution in [-0.4, -0.2) is 0 Å². The summed E-state index contributed by atoms with van der Waals surface area (Å²) >= 11 is 1.91. The van der Waals surface area contributed by atoms with Gasteiger partial charge in [0, 0.05) is 36.5 Å². The molecule has 1 spiro atoms. The van der Waals surface area contributed by atoms with Gasteiger partial charge in [-0.2, -0.15) is 0 Å².